The first-order chi connectivity index (χ1) is 10.6. The van der Waals surface area contributed by atoms with Crippen LogP contribution in [0.2, 0.25) is 6.32 Å². The summed E-state index contributed by atoms with van der Waals surface area (Å²) in [6.07, 6.45) is 4.12. The van der Waals surface area contributed by atoms with Crippen LogP contribution in [0.5, 0.6) is 0 Å². The zero-order chi connectivity index (χ0) is 17.3. The van der Waals surface area contributed by atoms with E-state index in [0.29, 0.717) is 6.92 Å². The molecule has 1 aliphatic rings. The van der Waals surface area contributed by atoms with E-state index in [-0.39, 0.29) is 11.0 Å². The number of hydrogen-bond acceptors (Lipinski definition) is 2. The number of rotatable bonds is 4. The summed E-state index contributed by atoms with van der Waals surface area (Å²) >= 11 is 0. The molecule has 1 fully saturated rings. The third kappa shape index (κ3) is 4.14. The zero-order valence-corrected chi connectivity index (χ0v) is 15.7. The van der Waals surface area contributed by atoms with Crippen LogP contribution in [0.3, 0.4) is 0 Å². The first kappa shape index (κ1) is 18.0. The van der Waals surface area contributed by atoms with E-state index in [4.69, 9.17) is 4.65 Å². The molecule has 1 heterocycles. The van der Waals surface area contributed by atoms with Gasteiger partial charge in [0.05, 0.1) is 5.60 Å². The van der Waals surface area contributed by atoms with Crippen LogP contribution in [0.4, 0.5) is 0 Å². The van der Waals surface area contributed by atoms with E-state index < -0.39 is 0 Å². The highest BCUT2D eigenvalue weighted by atomic mass is 16.5. The highest BCUT2D eigenvalue weighted by molar-refractivity contribution is 6.52. The largest absolute Gasteiger partial charge is 0.430 e. The molecular formula is C20H30BNO. The van der Waals surface area contributed by atoms with Crippen LogP contribution in [-0.4, -0.2) is 18.2 Å². The van der Waals surface area contributed by atoms with Crippen molar-refractivity contribution in [2.24, 2.45) is 10.4 Å². The highest BCUT2D eigenvalue weighted by Crippen LogP contribution is 2.45. The molecule has 1 aromatic carbocycles. The maximum atomic E-state index is 6.28. The van der Waals surface area contributed by atoms with Gasteiger partial charge in [0.25, 0.3) is 6.92 Å². The molecule has 2 rings (SSSR count). The van der Waals surface area contributed by atoms with E-state index in [1.807, 2.05) is 19.9 Å². The standard InChI is InChI=1S/C20H30BNO/c1-8-15(2)22-16(3)18-11-9-17(10-12-18)13-21-14-19(4,5)20(6,7)23-21/h8-12H,13-14H2,1-7H3/b15-8-,22-16?. The lowest BCUT2D eigenvalue weighted by atomic mass is 9.55. The van der Waals surface area contributed by atoms with Crippen LogP contribution in [0, 0.1) is 5.41 Å². The molecule has 0 unspecified atom stereocenters. The molecule has 0 saturated carbocycles. The topological polar surface area (TPSA) is 21.6 Å². The molecule has 0 aromatic heterocycles. The summed E-state index contributed by atoms with van der Waals surface area (Å²) in [5.41, 5.74) is 4.81. The number of nitrogens with zero attached hydrogens (tertiary/aromatic N) is 1. The van der Waals surface area contributed by atoms with Gasteiger partial charge in [-0.25, -0.2) is 0 Å². The lowest BCUT2D eigenvalue weighted by Crippen LogP contribution is -2.34. The maximum absolute atomic E-state index is 6.28. The highest BCUT2D eigenvalue weighted by Gasteiger charge is 2.48. The van der Waals surface area contributed by atoms with E-state index in [1.165, 1.54) is 11.1 Å². The van der Waals surface area contributed by atoms with Gasteiger partial charge >= 0.3 is 0 Å². The Morgan fingerprint density at radius 3 is 2.26 bits per heavy atom. The predicted molar refractivity (Wildman–Crippen MR) is 101 cm³/mol. The third-order valence-electron chi connectivity index (χ3n) is 5.43. The SMILES string of the molecule is C/C=C(/C)N=C(C)c1ccc(CB2CC(C)(C)C(C)(C)O2)cc1. The summed E-state index contributed by atoms with van der Waals surface area (Å²) in [5.74, 6) is 0. The first-order valence-corrected chi connectivity index (χ1v) is 8.60. The Balaban J connectivity index is 2.06. The van der Waals surface area contributed by atoms with Crippen molar-refractivity contribution in [3.63, 3.8) is 0 Å². The predicted octanol–water partition coefficient (Wildman–Crippen LogP) is 5.33. The molecule has 0 amide bonds. The van der Waals surface area contributed by atoms with Crippen LogP contribution >= 0.6 is 0 Å². The van der Waals surface area contributed by atoms with Gasteiger partial charge in [-0.15, -0.1) is 0 Å². The second kappa shape index (κ2) is 6.64. The molecule has 0 bridgehead atoms. The molecule has 0 atom stereocenters. The summed E-state index contributed by atoms with van der Waals surface area (Å²) in [7, 11) is 0. The molecule has 23 heavy (non-hydrogen) atoms. The van der Waals surface area contributed by atoms with Crippen molar-refractivity contribution in [1.29, 1.82) is 0 Å². The Labute approximate surface area is 142 Å². The Kier molecular flexibility index (Phi) is 5.20. The molecule has 124 valence electrons. The molecule has 1 aromatic rings. The van der Waals surface area contributed by atoms with E-state index in [9.17, 15) is 0 Å². The minimum Gasteiger partial charge on any atom is -0.430 e. The van der Waals surface area contributed by atoms with Crippen molar-refractivity contribution in [1.82, 2.24) is 0 Å². The second-order valence-corrected chi connectivity index (χ2v) is 7.87. The summed E-state index contributed by atoms with van der Waals surface area (Å²) in [5, 5.41) is 0. The summed E-state index contributed by atoms with van der Waals surface area (Å²) in [4.78, 5) is 4.59. The quantitative estimate of drug-likeness (QED) is 0.544. The van der Waals surface area contributed by atoms with Gasteiger partial charge in [0, 0.05) is 11.4 Å². The minimum atomic E-state index is -0.0507. The van der Waals surface area contributed by atoms with Gasteiger partial charge in [0.15, 0.2) is 0 Å². The molecule has 0 radical (unpaired) electrons. The fourth-order valence-electron chi connectivity index (χ4n) is 3.09. The molecule has 1 saturated heterocycles. The fourth-order valence-corrected chi connectivity index (χ4v) is 3.09. The zero-order valence-electron chi connectivity index (χ0n) is 15.7. The van der Waals surface area contributed by atoms with Crippen molar-refractivity contribution < 1.29 is 4.65 Å². The van der Waals surface area contributed by atoms with Crippen LogP contribution in [0.15, 0.2) is 41.0 Å². The molecule has 0 spiro atoms. The van der Waals surface area contributed by atoms with Crippen molar-refractivity contribution >= 4 is 12.6 Å². The Bertz CT molecular complexity index is 595. The van der Waals surface area contributed by atoms with E-state index in [2.05, 4.69) is 63.9 Å². The third-order valence-corrected chi connectivity index (χ3v) is 5.43. The average Bonchev–Trinajstić information content (AvgIpc) is 2.66. The van der Waals surface area contributed by atoms with Crippen molar-refractivity contribution in [2.75, 3.05) is 0 Å². The minimum absolute atomic E-state index is 0.0507. The average molecular weight is 311 g/mol. The van der Waals surface area contributed by atoms with Crippen molar-refractivity contribution in [3.8, 4) is 0 Å². The second-order valence-electron chi connectivity index (χ2n) is 7.87. The smallest absolute Gasteiger partial charge is 0.298 e. The summed E-state index contributed by atoms with van der Waals surface area (Å²) in [6.45, 7) is 15.4. The molecule has 3 heteroatoms. The van der Waals surface area contributed by atoms with Gasteiger partial charge in [-0.1, -0.05) is 49.8 Å². The van der Waals surface area contributed by atoms with Gasteiger partial charge in [-0.3, -0.25) is 4.99 Å². The van der Waals surface area contributed by atoms with Crippen LogP contribution in [0.25, 0.3) is 0 Å². The van der Waals surface area contributed by atoms with Gasteiger partial charge < -0.3 is 4.65 Å². The summed E-state index contributed by atoms with van der Waals surface area (Å²) in [6, 6.07) is 8.76. The number of benzene rings is 1. The Hall–Kier alpha value is -1.35. The van der Waals surface area contributed by atoms with E-state index >= 15 is 0 Å². The van der Waals surface area contributed by atoms with Crippen LogP contribution < -0.4 is 0 Å². The fraction of sp³-hybridized carbons (Fsp3) is 0.550. The molecule has 2 nitrogen and oxygen atoms in total. The van der Waals surface area contributed by atoms with Crippen LogP contribution in [0.1, 0.15) is 59.6 Å². The molecule has 1 aliphatic heterocycles. The van der Waals surface area contributed by atoms with Gasteiger partial charge in [0.2, 0.25) is 0 Å². The Morgan fingerprint density at radius 2 is 1.78 bits per heavy atom. The normalized spacial score (nSPS) is 20.9. The first-order valence-electron chi connectivity index (χ1n) is 8.60. The monoisotopic (exact) mass is 311 g/mol. The van der Waals surface area contributed by atoms with Crippen molar-refractivity contribution in [3.05, 3.63) is 47.2 Å². The lowest BCUT2D eigenvalue weighted by Gasteiger charge is -2.34. The molecule has 0 N–H and O–H groups in total. The van der Waals surface area contributed by atoms with Gasteiger partial charge in [0.1, 0.15) is 0 Å². The number of hydrogen-bond donors (Lipinski definition) is 0. The van der Waals surface area contributed by atoms with E-state index in [0.717, 1.165) is 24.0 Å². The molecule has 0 aliphatic carbocycles. The maximum Gasteiger partial charge on any atom is 0.298 e. The number of allylic oxidation sites excluding steroid dienone is 2. The lowest BCUT2D eigenvalue weighted by molar-refractivity contribution is 0.0360. The van der Waals surface area contributed by atoms with Crippen LogP contribution in [-0.2, 0) is 11.0 Å². The van der Waals surface area contributed by atoms with Gasteiger partial charge in [-0.05, 0) is 58.2 Å². The Morgan fingerprint density at radius 1 is 1.17 bits per heavy atom. The van der Waals surface area contributed by atoms with Crippen molar-refractivity contribution in [2.45, 2.75) is 66.7 Å². The summed E-state index contributed by atoms with van der Waals surface area (Å²) < 4.78 is 6.28. The molecular weight excluding hydrogens is 281 g/mol. The van der Waals surface area contributed by atoms with E-state index in [1.54, 1.807) is 0 Å². The number of aliphatic imine (C=N–C) groups is 1. The van der Waals surface area contributed by atoms with Gasteiger partial charge in [-0.2, -0.15) is 0 Å².